The summed E-state index contributed by atoms with van der Waals surface area (Å²) in [6, 6.07) is 15.1. The normalized spacial score (nSPS) is 10.1. The number of carbonyl (C=O) groups is 1. The van der Waals surface area contributed by atoms with Crippen molar-refractivity contribution in [3.8, 4) is 11.1 Å². The van der Waals surface area contributed by atoms with E-state index in [-0.39, 0.29) is 5.11 Å². The highest BCUT2D eigenvalue weighted by atomic mass is 32.1. The van der Waals surface area contributed by atoms with Crippen LogP contribution in [0.25, 0.3) is 11.1 Å². The number of amides is 1. The Balaban J connectivity index is 2.48. The standard InChI is InChI=1S/C15H15N3OS/c1-10-6-8-11(9-7-10)12-4-2-3-5-13(12)14(19)18(17)15(16)20/h2-9H,17H2,1H3,(H2,16,20). The molecule has 0 heterocycles. The highest BCUT2D eigenvalue weighted by Crippen LogP contribution is 2.24. The second-order valence-electron chi connectivity index (χ2n) is 4.43. The molecular formula is C15H15N3OS. The Bertz CT molecular complexity index is 652. The third kappa shape index (κ3) is 2.84. The molecule has 1 amide bonds. The largest absolute Gasteiger partial charge is 0.375 e. The summed E-state index contributed by atoms with van der Waals surface area (Å²) >= 11 is 4.73. The Morgan fingerprint density at radius 3 is 2.30 bits per heavy atom. The number of nitrogens with zero attached hydrogens (tertiary/aromatic N) is 1. The number of hydrazine groups is 1. The van der Waals surface area contributed by atoms with Gasteiger partial charge in [-0.2, -0.15) is 0 Å². The van der Waals surface area contributed by atoms with E-state index in [2.05, 4.69) is 0 Å². The van der Waals surface area contributed by atoms with Crippen LogP contribution in [-0.2, 0) is 0 Å². The lowest BCUT2D eigenvalue weighted by atomic mass is 9.98. The maximum atomic E-state index is 12.3. The molecule has 0 aliphatic heterocycles. The molecule has 0 aromatic heterocycles. The summed E-state index contributed by atoms with van der Waals surface area (Å²) in [6.45, 7) is 2.01. The number of thiocarbonyl (C=S) groups is 1. The first-order valence-corrected chi connectivity index (χ1v) is 6.46. The van der Waals surface area contributed by atoms with Gasteiger partial charge in [0.2, 0.25) is 0 Å². The number of carbonyl (C=O) groups excluding carboxylic acids is 1. The zero-order valence-electron chi connectivity index (χ0n) is 11.0. The van der Waals surface area contributed by atoms with Gasteiger partial charge in [0.1, 0.15) is 0 Å². The van der Waals surface area contributed by atoms with Crippen molar-refractivity contribution in [2.75, 3.05) is 0 Å². The van der Waals surface area contributed by atoms with Crippen molar-refractivity contribution in [2.24, 2.45) is 11.6 Å². The first kappa shape index (κ1) is 14.2. The molecule has 0 bridgehead atoms. The molecule has 0 aliphatic carbocycles. The van der Waals surface area contributed by atoms with Gasteiger partial charge in [0.15, 0.2) is 5.11 Å². The van der Waals surface area contributed by atoms with Gasteiger partial charge in [0, 0.05) is 5.56 Å². The van der Waals surface area contributed by atoms with Crippen molar-refractivity contribution >= 4 is 23.2 Å². The second-order valence-corrected chi connectivity index (χ2v) is 4.84. The molecule has 4 N–H and O–H groups in total. The average Bonchev–Trinajstić information content (AvgIpc) is 2.46. The number of nitrogens with two attached hydrogens (primary N) is 2. The van der Waals surface area contributed by atoms with Crippen LogP contribution >= 0.6 is 12.2 Å². The van der Waals surface area contributed by atoms with E-state index in [1.807, 2.05) is 43.3 Å². The summed E-state index contributed by atoms with van der Waals surface area (Å²) in [6.07, 6.45) is 0. The Hall–Kier alpha value is -2.24. The van der Waals surface area contributed by atoms with Gasteiger partial charge in [-0.15, -0.1) is 0 Å². The van der Waals surface area contributed by atoms with Gasteiger partial charge in [-0.1, -0.05) is 48.0 Å². The summed E-state index contributed by atoms with van der Waals surface area (Å²) in [5, 5.41) is 0.622. The number of hydrogen-bond donors (Lipinski definition) is 2. The van der Waals surface area contributed by atoms with Gasteiger partial charge in [-0.25, -0.2) is 10.9 Å². The summed E-state index contributed by atoms with van der Waals surface area (Å²) in [7, 11) is 0. The van der Waals surface area contributed by atoms with Crippen molar-refractivity contribution in [3.63, 3.8) is 0 Å². The Labute approximate surface area is 123 Å². The van der Waals surface area contributed by atoms with Gasteiger partial charge >= 0.3 is 0 Å². The van der Waals surface area contributed by atoms with Crippen molar-refractivity contribution < 1.29 is 4.79 Å². The topological polar surface area (TPSA) is 72.3 Å². The van der Waals surface area contributed by atoms with E-state index >= 15 is 0 Å². The minimum Gasteiger partial charge on any atom is -0.375 e. The molecule has 5 heteroatoms. The SMILES string of the molecule is Cc1ccc(-c2ccccc2C(=O)N(N)C(N)=S)cc1. The van der Waals surface area contributed by atoms with Crippen LogP contribution in [-0.4, -0.2) is 16.0 Å². The van der Waals surface area contributed by atoms with Gasteiger partial charge in [0.25, 0.3) is 5.91 Å². The van der Waals surface area contributed by atoms with E-state index in [4.69, 9.17) is 23.8 Å². The number of benzene rings is 2. The third-order valence-corrected chi connectivity index (χ3v) is 3.17. The van der Waals surface area contributed by atoms with E-state index < -0.39 is 5.91 Å². The van der Waals surface area contributed by atoms with Gasteiger partial charge in [0.05, 0.1) is 0 Å². The number of aryl methyl sites for hydroxylation is 1. The minimum atomic E-state index is -0.423. The first-order chi connectivity index (χ1) is 9.50. The smallest absolute Gasteiger partial charge is 0.275 e. The molecule has 20 heavy (non-hydrogen) atoms. The predicted octanol–water partition coefficient (Wildman–Crippen LogP) is 2.22. The molecule has 0 fully saturated rings. The van der Waals surface area contributed by atoms with Crippen LogP contribution in [0.2, 0.25) is 0 Å². The lowest BCUT2D eigenvalue weighted by molar-refractivity contribution is 0.0849. The summed E-state index contributed by atoms with van der Waals surface area (Å²) < 4.78 is 0. The quantitative estimate of drug-likeness (QED) is 0.384. The summed E-state index contributed by atoms with van der Waals surface area (Å²) in [5.74, 6) is 5.16. The van der Waals surface area contributed by atoms with Crippen LogP contribution in [0.15, 0.2) is 48.5 Å². The molecule has 0 spiro atoms. The summed E-state index contributed by atoms with van der Waals surface area (Å²) in [4.78, 5) is 12.3. The molecule has 2 aromatic rings. The molecule has 0 aliphatic rings. The van der Waals surface area contributed by atoms with Gasteiger partial charge < -0.3 is 5.73 Å². The molecule has 0 radical (unpaired) electrons. The van der Waals surface area contributed by atoms with Gasteiger partial charge in [-0.05, 0) is 36.3 Å². The molecule has 0 unspecified atom stereocenters. The molecule has 0 saturated carbocycles. The maximum Gasteiger partial charge on any atom is 0.275 e. The number of hydrogen-bond acceptors (Lipinski definition) is 3. The van der Waals surface area contributed by atoms with Crippen LogP contribution in [0, 0.1) is 6.92 Å². The van der Waals surface area contributed by atoms with Crippen molar-refractivity contribution in [3.05, 3.63) is 59.7 Å². The second kappa shape index (κ2) is 5.81. The molecule has 4 nitrogen and oxygen atoms in total. The fraction of sp³-hybridized carbons (Fsp3) is 0.0667. The van der Waals surface area contributed by atoms with Crippen LogP contribution < -0.4 is 11.6 Å². The van der Waals surface area contributed by atoms with Crippen molar-refractivity contribution in [1.29, 1.82) is 0 Å². The van der Waals surface area contributed by atoms with Crippen molar-refractivity contribution in [1.82, 2.24) is 5.01 Å². The monoisotopic (exact) mass is 285 g/mol. The van der Waals surface area contributed by atoms with Crippen molar-refractivity contribution in [2.45, 2.75) is 6.92 Å². The highest BCUT2D eigenvalue weighted by Gasteiger charge is 2.18. The molecule has 2 aromatic carbocycles. The Morgan fingerprint density at radius 2 is 1.70 bits per heavy atom. The van der Waals surface area contributed by atoms with E-state index in [1.54, 1.807) is 12.1 Å². The van der Waals surface area contributed by atoms with Crippen LogP contribution in [0.5, 0.6) is 0 Å². The number of rotatable bonds is 2. The lowest BCUT2D eigenvalue weighted by Crippen LogP contribution is -2.45. The van der Waals surface area contributed by atoms with E-state index in [0.29, 0.717) is 5.56 Å². The predicted molar refractivity (Wildman–Crippen MR) is 83.8 cm³/mol. The Kier molecular flexibility index (Phi) is 4.12. The molecule has 0 saturated heterocycles. The van der Waals surface area contributed by atoms with E-state index in [9.17, 15) is 4.79 Å². The summed E-state index contributed by atoms with van der Waals surface area (Å²) in [5.41, 5.74) is 8.75. The van der Waals surface area contributed by atoms with Gasteiger partial charge in [-0.3, -0.25) is 4.79 Å². The zero-order chi connectivity index (χ0) is 14.7. The minimum absolute atomic E-state index is 0.159. The molecular weight excluding hydrogens is 270 g/mol. The van der Waals surface area contributed by atoms with Crippen LogP contribution in [0.3, 0.4) is 0 Å². The van der Waals surface area contributed by atoms with E-state index in [1.165, 1.54) is 0 Å². The molecule has 0 atom stereocenters. The molecule has 2 rings (SSSR count). The van der Waals surface area contributed by atoms with Crippen LogP contribution in [0.1, 0.15) is 15.9 Å². The lowest BCUT2D eigenvalue weighted by Gasteiger charge is -2.16. The molecule has 102 valence electrons. The third-order valence-electron chi connectivity index (χ3n) is 2.98. The maximum absolute atomic E-state index is 12.3. The fourth-order valence-corrected chi connectivity index (χ4v) is 1.97. The first-order valence-electron chi connectivity index (χ1n) is 6.05. The van der Waals surface area contributed by atoms with Crippen LogP contribution in [0.4, 0.5) is 0 Å². The fourth-order valence-electron chi connectivity index (χ4n) is 1.88. The Morgan fingerprint density at radius 1 is 1.10 bits per heavy atom. The zero-order valence-corrected chi connectivity index (χ0v) is 11.9. The highest BCUT2D eigenvalue weighted by molar-refractivity contribution is 7.80. The average molecular weight is 285 g/mol. The van der Waals surface area contributed by atoms with E-state index in [0.717, 1.165) is 21.7 Å².